The van der Waals surface area contributed by atoms with Crippen LogP contribution in [0.25, 0.3) is 0 Å². The van der Waals surface area contributed by atoms with Crippen molar-refractivity contribution in [2.45, 2.75) is 12.8 Å². The molecule has 0 bridgehead atoms. The van der Waals surface area contributed by atoms with E-state index in [1.165, 1.54) is 13.3 Å². The summed E-state index contributed by atoms with van der Waals surface area (Å²) in [4.78, 5) is 17.7. The number of imidazole rings is 1. The summed E-state index contributed by atoms with van der Waals surface area (Å²) in [6.07, 6.45) is 1.95. The van der Waals surface area contributed by atoms with E-state index in [0.29, 0.717) is 29.3 Å². The number of H-pyrrole nitrogens is 1. The molecule has 0 spiro atoms. The molecule has 0 aliphatic carbocycles. The molecule has 0 aliphatic heterocycles. The third-order valence-electron chi connectivity index (χ3n) is 2.78. The van der Waals surface area contributed by atoms with E-state index in [0.717, 1.165) is 5.56 Å². The van der Waals surface area contributed by atoms with Crippen LogP contribution >= 0.6 is 12.4 Å². The molecule has 1 aromatic heterocycles. The number of methoxy groups -OCH3 is 1. The molecule has 0 saturated carbocycles. The minimum absolute atomic E-state index is 0. The molecule has 0 saturated heterocycles. The van der Waals surface area contributed by atoms with Crippen LogP contribution in [0.3, 0.4) is 0 Å². The molecule has 2 rings (SSSR count). The smallest absolute Gasteiger partial charge is 0.309 e. The Labute approximate surface area is 127 Å². The van der Waals surface area contributed by atoms with Crippen LogP contribution in [0.1, 0.15) is 22.6 Å². The van der Waals surface area contributed by atoms with Gasteiger partial charge in [0.05, 0.1) is 19.1 Å². The number of nitrogens with zero attached hydrogens (tertiary/aromatic N) is 2. The summed E-state index contributed by atoms with van der Waals surface area (Å²) < 4.78 is 5.14. The summed E-state index contributed by atoms with van der Waals surface area (Å²) in [6, 6.07) is 7.33. The molecule has 21 heavy (non-hydrogen) atoms. The lowest BCUT2D eigenvalue weighted by Gasteiger charge is -2.05. The number of nitriles is 1. The quantitative estimate of drug-likeness (QED) is 0.879. The van der Waals surface area contributed by atoms with Gasteiger partial charge in [-0.1, -0.05) is 6.07 Å². The number of halogens is 1. The molecule has 6 nitrogen and oxygen atoms in total. The average Bonchev–Trinajstić information content (AvgIpc) is 2.85. The predicted molar refractivity (Wildman–Crippen MR) is 77.7 cm³/mol. The van der Waals surface area contributed by atoms with E-state index in [2.05, 4.69) is 9.97 Å². The fourth-order valence-corrected chi connectivity index (χ4v) is 1.88. The third kappa shape index (κ3) is 4.23. The molecule has 0 atom stereocenters. The third-order valence-corrected chi connectivity index (χ3v) is 2.78. The second-order valence-corrected chi connectivity index (χ2v) is 4.25. The van der Waals surface area contributed by atoms with Crippen molar-refractivity contribution in [1.29, 1.82) is 5.26 Å². The van der Waals surface area contributed by atoms with E-state index in [9.17, 15) is 4.79 Å². The number of aromatic amines is 1. The number of hydrogen-bond donors (Lipinski definition) is 2. The Balaban J connectivity index is 0.00000220. The van der Waals surface area contributed by atoms with E-state index >= 15 is 0 Å². The summed E-state index contributed by atoms with van der Waals surface area (Å²) in [6.45, 7) is 0. The minimum atomic E-state index is -0.903. The molecule has 0 fully saturated rings. The van der Waals surface area contributed by atoms with Gasteiger partial charge < -0.3 is 14.8 Å². The summed E-state index contributed by atoms with van der Waals surface area (Å²) >= 11 is 0. The molecular weight excluding hydrogens is 294 g/mol. The molecule has 1 heterocycles. The first-order chi connectivity index (χ1) is 9.62. The van der Waals surface area contributed by atoms with E-state index in [1.54, 1.807) is 12.1 Å². The van der Waals surface area contributed by atoms with Gasteiger partial charge >= 0.3 is 5.97 Å². The fourth-order valence-electron chi connectivity index (χ4n) is 1.88. The maximum Gasteiger partial charge on any atom is 0.309 e. The van der Waals surface area contributed by atoms with Gasteiger partial charge in [-0.3, -0.25) is 4.79 Å². The van der Waals surface area contributed by atoms with Gasteiger partial charge in [-0.25, -0.2) is 4.98 Å². The van der Waals surface area contributed by atoms with E-state index in [1.807, 2.05) is 12.1 Å². The summed E-state index contributed by atoms with van der Waals surface area (Å²) in [5.74, 6) is 0.288. The Morgan fingerprint density at radius 2 is 2.29 bits per heavy atom. The van der Waals surface area contributed by atoms with Crippen molar-refractivity contribution in [3.8, 4) is 11.8 Å². The van der Waals surface area contributed by atoms with Crippen molar-refractivity contribution in [2.24, 2.45) is 0 Å². The maximum atomic E-state index is 10.6. The summed E-state index contributed by atoms with van der Waals surface area (Å²) in [5, 5.41) is 17.6. The lowest BCUT2D eigenvalue weighted by Crippen LogP contribution is -2.00. The molecule has 7 heteroatoms. The van der Waals surface area contributed by atoms with Crippen molar-refractivity contribution in [2.75, 3.05) is 7.11 Å². The van der Waals surface area contributed by atoms with Crippen LogP contribution in [0, 0.1) is 11.3 Å². The number of nitrogens with one attached hydrogen (secondary N) is 1. The largest absolute Gasteiger partial charge is 0.495 e. The lowest BCUT2D eigenvalue weighted by molar-refractivity contribution is -0.136. The van der Waals surface area contributed by atoms with Crippen LogP contribution in [0.4, 0.5) is 0 Å². The SMILES string of the molecule is COc1cc(Cc2ncc(CC(=O)O)[nH]2)ccc1C#N.Cl. The number of aliphatic carboxylic acids is 1. The number of carboxylic acids is 1. The number of aromatic nitrogens is 2. The predicted octanol–water partition coefficient (Wildman–Crippen LogP) is 1.93. The number of carbonyl (C=O) groups is 1. The zero-order valence-corrected chi connectivity index (χ0v) is 12.1. The molecule has 0 radical (unpaired) electrons. The minimum Gasteiger partial charge on any atom is -0.495 e. The first kappa shape index (κ1) is 16.5. The highest BCUT2D eigenvalue weighted by molar-refractivity contribution is 5.85. The Kier molecular flexibility index (Phi) is 5.76. The molecule has 0 amide bonds. The summed E-state index contributed by atoms with van der Waals surface area (Å²) in [7, 11) is 1.51. The average molecular weight is 308 g/mol. The Hall–Kier alpha value is -2.52. The zero-order valence-electron chi connectivity index (χ0n) is 11.3. The standard InChI is InChI=1S/C14H13N3O3.ClH/c1-20-12-4-9(2-3-10(12)7-15)5-13-16-8-11(17-13)6-14(18)19;/h2-4,8H,5-6H2,1H3,(H,16,17)(H,18,19);1H. The van der Waals surface area contributed by atoms with Gasteiger partial charge in [0.2, 0.25) is 0 Å². The highest BCUT2D eigenvalue weighted by Gasteiger charge is 2.08. The number of carboxylic acid groups (broad SMARTS) is 1. The normalized spacial score (nSPS) is 9.52. The van der Waals surface area contributed by atoms with Gasteiger partial charge in [-0.15, -0.1) is 12.4 Å². The van der Waals surface area contributed by atoms with Gasteiger partial charge in [-0.05, 0) is 17.7 Å². The molecule has 0 aliphatic rings. The van der Waals surface area contributed by atoms with Gasteiger partial charge in [0, 0.05) is 18.3 Å². The van der Waals surface area contributed by atoms with E-state index < -0.39 is 5.97 Å². The zero-order chi connectivity index (χ0) is 14.5. The van der Waals surface area contributed by atoms with Crippen LogP contribution in [-0.4, -0.2) is 28.2 Å². The topological polar surface area (TPSA) is 99.0 Å². The second kappa shape index (κ2) is 7.31. The Bertz CT molecular complexity index is 676. The van der Waals surface area contributed by atoms with Crippen molar-refractivity contribution >= 4 is 18.4 Å². The second-order valence-electron chi connectivity index (χ2n) is 4.25. The van der Waals surface area contributed by atoms with E-state index in [4.69, 9.17) is 15.1 Å². The van der Waals surface area contributed by atoms with Gasteiger partial charge in [-0.2, -0.15) is 5.26 Å². The van der Waals surface area contributed by atoms with Gasteiger partial charge in [0.1, 0.15) is 17.6 Å². The Morgan fingerprint density at radius 1 is 1.52 bits per heavy atom. The maximum absolute atomic E-state index is 10.6. The molecule has 0 unspecified atom stereocenters. The van der Waals surface area contributed by atoms with Gasteiger partial charge in [0.15, 0.2) is 0 Å². The number of ether oxygens (including phenoxy) is 1. The molecule has 1 aromatic carbocycles. The van der Waals surface area contributed by atoms with Crippen LogP contribution in [0.15, 0.2) is 24.4 Å². The van der Waals surface area contributed by atoms with Gasteiger partial charge in [0.25, 0.3) is 0 Å². The fraction of sp³-hybridized carbons (Fsp3) is 0.214. The molecular formula is C14H14ClN3O3. The van der Waals surface area contributed by atoms with Crippen LogP contribution in [-0.2, 0) is 17.6 Å². The first-order valence-corrected chi connectivity index (χ1v) is 5.94. The molecule has 110 valence electrons. The van der Waals surface area contributed by atoms with Crippen molar-refractivity contribution in [1.82, 2.24) is 9.97 Å². The van der Waals surface area contributed by atoms with E-state index in [-0.39, 0.29) is 18.8 Å². The van der Waals surface area contributed by atoms with Crippen LogP contribution < -0.4 is 4.74 Å². The van der Waals surface area contributed by atoms with Crippen molar-refractivity contribution < 1.29 is 14.6 Å². The highest BCUT2D eigenvalue weighted by atomic mass is 35.5. The van der Waals surface area contributed by atoms with Crippen LogP contribution in [0.2, 0.25) is 0 Å². The van der Waals surface area contributed by atoms with Crippen molar-refractivity contribution in [3.05, 3.63) is 47.0 Å². The molecule has 2 N–H and O–H groups in total. The number of hydrogen-bond acceptors (Lipinski definition) is 4. The van der Waals surface area contributed by atoms with Crippen LogP contribution in [0.5, 0.6) is 5.75 Å². The van der Waals surface area contributed by atoms with Crippen molar-refractivity contribution in [3.63, 3.8) is 0 Å². The Morgan fingerprint density at radius 3 is 2.90 bits per heavy atom. The number of benzene rings is 1. The number of rotatable bonds is 5. The lowest BCUT2D eigenvalue weighted by atomic mass is 10.1. The first-order valence-electron chi connectivity index (χ1n) is 5.94. The highest BCUT2D eigenvalue weighted by Crippen LogP contribution is 2.20. The monoisotopic (exact) mass is 307 g/mol. The molecule has 2 aromatic rings. The summed E-state index contributed by atoms with van der Waals surface area (Å²) in [5.41, 5.74) is 1.97.